The molecule has 0 saturated heterocycles. The molecular formula is C26H25ClN2O. The number of carbonyl (C=O) groups excluding carboxylic acids is 1. The fourth-order valence-corrected chi connectivity index (χ4v) is 5.27. The van der Waals surface area contributed by atoms with Crippen molar-refractivity contribution >= 4 is 39.7 Å². The summed E-state index contributed by atoms with van der Waals surface area (Å²) in [4.78, 5) is 12.3. The standard InChI is InChI=1S/C26H25ClN2O/c1-2-7-23(30)28-22-15-14-21(27)26-24(22)18-11-6-13-20(18)25(29-26)19-12-5-9-16-8-3-4-10-17(16)19/h3-6,8-12,14-15,18,20,25,29H,2,7,13H2,1H3,(H,28,30). The Balaban J connectivity index is 1.62. The van der Waals surface area contributed by atoms with E-state index in [1.165, 1.54) is 16.3 Å². The minimum absolute atomic E-state index is 0.0525. The minimum atomic E-state index is 0.0525. The molecule has 30 heavy (non-hydrogen) atoms. The quantitative estimate of drug-likeness (QED) is 0.447. The predicted octanol–water partition coefficient (Wildman–Crippen LogP) is 7.06. The first-order chi connectivity index (χ1) is 14.7. The highest BCUT2D eigenvalue weighted by Gasteiger charge is 2.40. The molecule has 1 heterocycles. The second kappa shape index (κ2) is 7.81. The number of carbonyl (C=O) groups is 1. The predicted molar refractivity (Wildman–Crippen MR) is 125 cm³/mol. The molecule has 3 aromatic rings. The number of rotatable bonds is 4. The highest BCUT2D eigenvalue weighted by atomic mass is 35.5. The summed E-state index contributed by atoms with van der Waals surface area (Å²) in [5.41, 5.74) is 4.23. The van der Waals surface area contributed by atoms with Gasteiger partial charge in [-0.05, 0) is 47.2 Å². The molecule has 0 aromatic heterocycles. The van der Waals surface area contributed by atoms with Crippen molar-refractivity contribution in [2.45, 2.75) is 38.1 Å². The normalized spacial score (nSPS) is 21.7. The molecule has 0 bridgehead atoms. The number of hydrogen-bond acceptors (Lipinski definition) is 2. The fraction of sp³-hybridized carbons (Fsp3) is 0.269. The Labute approximate surface area is 182 Å². The van der Waals surface area contributed by atoms with Crippen LogP contribution in [0.25, 0.3) is 10.8 Å². The van der Waals surface area contributed by atoms with Gasteiger partial charge in [0.05, 0.1) is 16.8 Å². The van der Waals surface area contributed by atoms with Crippen molar-refractivity contribution < 1.29 is 4.79 Å². The van der Waals surface area contributed by atoms with Crippen molar-refractivity contribution in [1.82, 2.24) is 0 Å². The van der Waals surface area contributed by atoms with Crippen LogP contribution in [0, 0.1) is 5.92 Å². The fourth-order valence-electron chi connectivity index (χ4n) is 5.05. The van der Waals surface area contributed by atoms with Gasteiger partial charge in [-0.25, -0.2) is 0 Å². The summed E-state index contributed by atoms with van der Waals surface area (Å²) in [5, 5.41) is 10.1. The maximum atomic E-state index is 12.3. The average Bonchev–Trinajstić information content (AvgIpc) is 3.25. The number of anilines is 2. The lowest BCUT2D eigenvalue weighted by molar-refractivity contribution is -0.116. The first-order valence-electron chi connectivity index (χ1n) is 10.7. The largest absolute Gasteiger partial charge is 0.376 e. The van der Waals surface area contributed by atoms with Crippen molar-refractivity contribution in [2.24, 2.45) is 5.92 Å². The third-order valence-electron chi connectivity index (χ3n) is 6.38. The molecule has 3 unspecified atom stereocenters. The van der Waals surface area contributed by atoms with Gasteiger partial charge in [0.1, 0.15) is 0 Å². The van der Waals surface area contributed by atoms with Gasteiger partial charge < -0.3 is 10.6 Å². The lowest BCUT2D eigenvalue weighted by atomic mass is 9.75. The van der Waals surface area contributed by atoms with Gasteiger partial charge in [0.2, 0.25) is 5.91 Å². The van der Waals surface area contributed by atoms with E-state index < -0.39 is 0 Å². The number of nitrogens with one attached hydrogen (secondary N) is 2. The molecule has 0 fully saturated rings. The SMILES string of the molecule is CCCC(=O)Nc1ccc(Cl)c2c1C1C=CCC1C(c1cccc3ccccc13)N2. The van der Waals surface area contributed by atoms with Gasteiger partial charge in [0, 0.05) is 23.6 Å². The first kappa shape index (κ1) is 19.2. The highest BCUT2D eigenvalue weighted by Crippen LogP contribution is 2.54. The van der Waals surface area contributed by atoms with Crippen LogP contribution < -0.4 is 10.6 Å². The lowest BCUT2D eigenvalue weighted by Gasteiger charge is -2.39. The topological polar surface area (TPSA) is 41.1 Å². The zero-order chi connectivity index (χ0) is 20.7. The van der Waals surface area contributed by atoms with Crippen molar-refractivity contribution in [3.63, 3.8) is 0 Å². The molecule has 152 valence electrons. The Morgan fingerprint density at radius 3 is 2.83 bits per heavy atom. The number of halogens is 1. The highest BCUT2D eigenvalue weighted by molar-refractivity contribution is 6.33. The summed E-state index contributed by atoms with van der Waals surface area (Å²) < 4.78 is 0. The second-order valence-corrected chi connectivity index (χ2v) is 8.63. The summed E-state index contributed by atoms with van der Waals surface area (Å²) in [6, 6.07) is 19.0. The first-order valence-corrected chi connectivity index (χ1v) is 11.1. The summed E-state index contributed by atoms with van der Waals surface area (Å²) in [5.74, 6) is 0.654. The molecule has 5 rings (SSSR count). The van der Waals surface area contributed by atoms with Gasteiger partial charge in [-0.3, -0.25) is 4.79 Å². The number of amides is 1. The van der Waals surface area contributed by atoms with E-state index in [1.54, 1.807) is 0 Å². The van der Waals surface area contributed by atoms with Gasteiger partial charge in [-0.15, -0.1) is 0 Å². The van der Waals surface area contributed by atoms with E-state index >= 15 is 0 Å². The Morgan fingerprint density at radius 2 is 1.97 bits per heavy atom. The second-order valence-electron chi connectivity index (χ2n) is 8.23. The van der Waals surface area contributed by atoms with Crippen molar-refractivity contribution in [1.29, 1.82) is 0 Å². The molecule has 1 amide bonds. The summed E-state index contributed by atoms with van der Waals surface area (Å²) >= 11 is 6.67. The van der Waals surface area contributed by atoms with Crippen LogP contribution in [0.2, 0.25) is 5.02 Å². The minimum Gasteiger partial charge on any atom is -0.376 e. The van der Waals surface area contributed by atoms with Gasteiger partial charge in [-0.1, -0.05) is 73.1 Å². The van der Waals surface area contributed by atoms with E-state index in [2.05, 4.69) is 65.3 Å². The Hall–Kier alpha value is -2.78. The van der Waals surface area contributed by atoms with E-state index in [-0.39, 0.29) is 17.9 Å². The molecule has 3 nitrogen and oxygen atoms in total. The summed E-state index contributed by atoms with van der Waals surface area (Å²) in [6.07, 6.45) is 6.90. The van der Waals surface area contributed by atoms with Crippen molar-refractivity contribution in [2.75, 3.05) is 10.6 Å². The van der Waals surface area contributed by atoms with Crippen LogP contribution in [-0.2, 0) is 4.79 Å². The molecule has 0 radical (unpaired) electrons. The monoisotopic (exact) mass is 416 g/mol. The third-order valence-corrected chi connectivity index (χ3v) is 6.69. The summed E-state index contributed by atoms with van der Waals surface area (Å²) in [6.45, 7) is 2.02. The number of hydrogen-bond donors (Lipinski definition) is 2. The molecule has 0 saturated carbocycles. The van der Waals surface area contributed by atoms with Gasteiger partial charge in [0.15, 0.2) is 0 Å². The molecule has 2 aliphatic rings. The Bertz CT molecular complexity index is 1150. The van der Waals surface area contributed by atoms with Crippen LogP contribution in [0.3, 0.4) is 0 Å². The summed E-state index contributed by atoms with van der Waals surface area (Å²) in [7, 11) is 0. The van der Waals surface area contributed by atoms with E-state index in [1.807, 2.05) is 19.1 Å². The molecule has 1 aliphatic heterocycles. The van der Waals surface area contributed by atoms with Gasteiger partial charge in [-0.2, -0.15) is 0 Å². The molecule has 3 aromatic carbocycles. The molecular weight excluding hydrogens is 392 g/mol. The molecule has 1 aliphatic carbocycles. The van der Waals surface area contributed by atoms with E-state index in [0.717, 1.165) is 29.8 Å². The number of benzene rings is 3. The molecule has 4 heteroatoms. The van der Waals surface area contributed by atoms with Crippen molar-refractivity contribution in [3.05, 3.63) is 82.9 Å². The van der Waals surface area contributed by atoms with E-state index in [4.69, 9.17) is 11.6 Å². The van der Waals surface area contributed by atoms with Crippen LogP contribution in [0.4, 0.5) is 11.4 Å². The van der Waals surface area contributed by atoms with Crippen LogP contribution >= 0.6 is 11.6 Å². The Kier molecular flexibility index (Phi) is 5.00. The van der Waals surface area contributed by atoms with E-state index in [0.29, 0.717) is 17.4 Å². The van der Waals surface area contributed by atoms with Crippen LogP contribution in [0.5, 0.6) is 0 Å². The molecule has 2 N–H and O–H groups in total. The zero-order valence-electron chi connectivity index (χ0n) is 17.0. The van der Waals surface area contributed by atoms with Crippen molar-refractivity contribution in [3.8, 4) is 0 Å². The zero-order valence-corrected chi connectivity index (χ0v) is 17.7. The Morgan fingerprint density at radius 1 is 1.13 bits per heavy atom. The van der Waals surface area contributed by atoms with Crippen LogP contribution in [0.1, 0.15) is 49.3 Å². The van der Waals surface area contributed by atoms with Gasteiger partial charge in [0.25, 0.3) is 0 Å². The van der Waals surface area contributed by atoms with Crippen LogP contribution in [-0.4, -0.2) is 5.91 Å². The maximum absolute atomic E-state index is 12.3. The molecule has 3 atom stereocenters. The number of fused-ring (bicyclic) bond motifs is 4. The third kappa shape index (κ3) is 3.18. The number of allylic oxidation sites excluding steroid dienone is 2. The smallest absolute Gasteiger partial charge is 0.224 e. The lowest BCUT2D eigenvalue weighted by Crippen LogP contribution is -2.30. The average molecular weight is 417 g/mol. The van der Waals surface area contributed by atoms with Crippen LogP contribution in [0.15, 0.2) is 66.7 Å². The molecule has 0 spiro atoms. The van der Waals surface area contributed by atoms with Gasteiger partial charge >= 0.3 is 0 Å². The van der Waals surface area contributed by atoms with E-state index in [9.17, 15) is 4.79 Å². The maximum Gasteiger partial charge on any atom is 0.224 e.